The number of aryl methyl sites for hydroxylation is 1. The van der Waals surface area contributed by atoms with Crippen LogP contribution in [0, 0.1) is 6.92 Å². The predicted octanol–water partition coefficient (Wildman–Crippen LogP) is 1.33. The Morgan fingerprint density at radius 2 is 1.64 bits per heavy atom. The molecule has 230 valence electrons. The maximum absolute atomic E-state index is 12.7. The van der Waals surface area contributed by atoms with Crippen LogP contribution in [0.5, 0.6) is 0 Å². The highest BCUT2D eigenvalue weighted by atomic mass is 16.5. The summed E-state index contributed by atoms with van der Waals surface area (Å²) in [6.45, 7) is 9.50. The van der Waals surface area contributed by atoms with E-state index in [1.54, 1.807) is 11.5 Å². The summed E-state index contributed by atoms with van der Waals surface area (Å²) < 4.78 is 14.9. The zero-order chi connectivity index (χ0) is 30.2. The molecule has 2 atom stereocenters. The molecule has 5 rings (SSSR count). The van der Waals surface area contributed by atoms with E-state index in [1.807, 2.05) is 6.92 Å². The number of hydrogen-bond acceptors (Lipinski definition) is 9. The second-order valence-electron chi connectivity index (χ2n) is 10.8. The number of piperidine rings is 1. The van der Waals surface area contributed by atoms with E-state index in [0.29, 0.717) is 37.6 Å². The number of benzene rings is 1. The van der Waals surface area contributed by atoms with Gasteiger partial charge in [0.25, 0.3) is 0 Å². The lowest BCUT2D eigenvalue weighted by Crippen LogP contribution is -2.47. The fourth-order valence-electron chi connectivity index (χ4n) is 6.27. The van der Waals surface area contributed by atoms with Crippen molar-refractivity contribution >= 4 is 17.6 Å². The molecule has 0 spiro atoms. The van der Waals surface area contributed by atoms with Gasteiger partial charge in [0.15, 0.2) is 0 Å². The molecule has 3 saturated heterocycles. The van der Waals surface area contributed by atoms with Gasteiger partial charge in [0.05, 0.1) is 25.9 Å². The lowest BCUT2D eigenvalue weighted by molar-refractivity contribution is -0.159. The predicted molar refractivity (Wildman–Crippen MR) is 154 cm³/mol. The molecule has 42 heavy (non-hydrogen) atoms. The second kappa shape index (κ2) is 14.6. The van der Waals surface area contributed by atoms with Crippen LogP contribution < -0.4 is 16.3 Å². The number of rotatable bonds is 9. The van der Waals surface area contributed by atoms with E-state index in [9.17, 15) is 9.59 Å². The molecule has 0 amide bonds. The molecule has 2 aromatic rings. The zero-order valence-corrected chi connectivity index (χ0v) is 24.3. The molecule has 0 saturated carbocycles. The van der Waals surface area contributed by atoms with Crippen molar-refractivity contribution in [1.82, 2.24) is 19.0 Å². The van der Waals surface area contributed by atoms with Gasteiger partial charge in [-0.15, -0.1) is 0 Å². The highest BCUT2D eigenvalue weighted by Crippen LogP contribution is 2.37. The van der Waals surface area contributed by atoms with Gasteiger partial charge in [0.2, 0.25) is 0 Å². The van der Waals surface area contributed by atoms with Crippen LogP contribution in [-0.2, 0) is 38.8 Å². The molecule has 1 aromatic heterocycles. The Morgan fingerprint density at radius 1 is 1.00 bits per heavy atom. The van der Waals surface area contributed by atoms with Crippen LogP contribution in [0.15, 0.2) is 33.9 Å². The molecule has 2 bridgehead atoms. The number of hydrogen-bond donors (Lipinski definition) is 2. The van der Waals surface area contributed by atoms with Gasteiger partial charge in [-0.1, -0.05) is 18.2 Å². The van der Waals surface area contributed by atoms with Gasteiger partial charge in [0.1, 0.15) is 5.82 Å². The Hall–Kier alpha value is -3.55. The van der Waals surface area contributed by atoms with Gasteiger partial charge in [-0.25, -0.2) is 23.7 Å². The summed E-state index contributed by atoms with van der Waals surface area (Å²) in [6.07, 6.45) is 5.54. The van der Waals surface area contributed by atoms with Gasteiger partial charge in [-0.3, -0.25) is 9.47 Å². The first kappa shape index (κ1) is 31.4. The minimum absolute atomic E-state index is 0.248. The van der Waals surface area contributed by atoms with Crippen LogP contribution in [0.3, 0.4) is 0 Å². The number of morpholine rings is 1. The average molecular weight is 588 g/mol. The van der Waals surface area contributed by atoms with E-state index in [1.165, 1.54) is 28.7 Å². The minimum atomic E-state index is -1.82. The smallest absolute Gasteiger partial charge is 0.414 e. The van der Waals surface area contributed by atoms with E-state index in [4.69, 9.17) is 29.3 Å². The van der Waals surface area contributed by atoms with Crippen molar-refractivity contribution in [3.05, 3.63) is 56.6 Å². The first-order chi connectivity index (χ1) is 20.2. The fourth-order valence-corrected chi connectivity index (χ4v) is 6.27. The number of fused-ring (bicyclic) bond motifs is 2. The van der Waals surface area contributed by atoms with E-state index in [-0.39, 0.29) is 11.8 Å². The SMILES string of the molecule is CCn1c(C)nc(=O)n(CCCN2C3CCC2CC(OCc2ccccc2N2CCOCC2)C3)c1=O.O=C(O)C(=O)O. The zero-order valence-electron chi connectivity index (χ0n) is 24.3. The normalized spacial score (nSPS) is 22.0. The van der Waals surface area contributed by atoms with Crippen molar-refractivity contribution in [3.63, 3.8) is 0 Å². The third kappa shape index (κ3) is 7.64. The molecule has 3 aliphatic rings. The van der Waals surface area contributed by atoms with Gasteiger partial charge in [0, 0.05) is 56.1 Å². The second-order valence-corrected chi connectivity index (χ2v) is 10.8. The third-order valence-electron chi connectivity index (χ3n) is 8.30. The van der Waals surface area contributed by atoms with Gasteiger partial charge in [-0.05, 0) is 52.0 Å². The molecule has 2 N–H and O–H groups in total. The maximum atomic E-state index is 12.7. The maximum Gasteiger partial charge on any atom is 0.414 e. The number of para-hydroxylation sites is 1. The van der Waals surface area contributed by atoms with Gasteiger partial charge in [-0.2, -0.15) is 4.98 Å². The van der Waals surface area contributed by atoms with Crippen LogP contribution in [0.4, 0.5) is 5.69 Å². The fraction of sp³-hybridized carbons (Fsp3) is 0.621. The van der Waals surface area contributed by atoms with Crippen molar-refractivity contribution in [2.24, 2.45) is 0 Å². The number of carbonyl (C=O) groups is 2. The highest BCUT2D eigenvalue weighted by Gasteiger charge is 2.40. The monoisotopic (exact) mass is 587 g/mol. The summed E-state index contributed by atoms with van der Waals surface area (Å²) in [4.78, 5) is 52.2. The molecule has 0 aliphatic carbocycles. The van der Waals surface area contributed by atoms with Crippen molar-refractivity contribution in [3.8, 4) is 0 Å². The Labute approximate surface area is 244 Å². The van der Waals surface area contributed by atoms with Gasteiger partial charge < -0.3 is 24.6 Å². The van der Waals surface area contributed by atoms with E-state index in [2.05, 4.69) is 39.0 Å². The van der Waals surface area contributed by atoms with Crippen LogP contribution >= 0.6 is 0 Å². The van der Waals surface area contributed by atoms with Gasteiger partial charge >= 0.3 is 23.3 Å². The van der Waals surface area contributed by atoms with Crippen LogP contribution in [0.1, 0.15) is 50.4 Å². The lowest BCUT2D eigenvalue weighted by Gasteiger charge is -2.39. The molecular weight excluding hydrogens is 546 g/mol. The standard InChI is InChI=1S/C27H39N5O4.C2H2O4/c1-3-30-20(2)28-26(33)32(27(30)34)12-6-11-31-22-9-10-23(31)18-24(17-22)36-19-21-7-4-5-8-25(21)29-13-15-35-16-14-29;3-1(4)2(5)6/h4-5,7-8,22-24H,3,6,9-19H2,1-2H3;(H,3,4)(H,5,6). The lowest BCUT2D eigenvalue weighted by atomic mass is 9.99. The van der Waals surface area contributed by atoms with Crippen LogP contribution in [0.2, 0.25) is 0 Å². The molecule has 3 fully saturated rings. The Morgan fingerprint density at radius 3 is 2.26 bits per heavy atom. The Bertz CT molecular complexity index is 1330. The summed E-state index contributed by atoms with van der Waals surface area (Å²) in [7, 11) is 0. The minimum Gasteiger partial charge on any atom is -0.473 e. The van der Waals surface area contributed by atoms with E-state index < -0.39 is 17.6 Å². The average Bonchev–Trinajstić information content (AvgIpc) is 3.21. The molecule has 1 aromatic carbocycles. The molecule has 2 unspecified atom stereocenters. The quantitative estimate of drug-likeness (QED) is 0.408. The summed E-state index contributed by atoms with van der Waals surface area (Å²) in [5, 5.41) is 14.8. The summed E-state index contributed by atoms with van der Waals surface area (Å²) in [5.41, 5.74) is 1.84. The summed E-state index contributed by atoms with van der Waals surface area (Å²) in [6, 6.07) is 9.61. The van der Waals surface area contributed by atoms with Crippen LogP contribution in [-0.4, -0.2) is 92.2 Å². The number of nitrogens with zero attached hydrogens (tertiary/aromatic N) is 5. The Kier molecular flexibility index (Phi) is 10.9. The first-order valence-corrected chi connectivity index (χ1v) is 14.6. The van der Waals surface area contributed by atoms with Crippen molar-refractivity contribution < 1.29 is 29.3 Å². The van der Waals surface area contributed by atoms with Crippen molar-refractivity contribution in [2.75, 3.05) is 37.7 Å². The summed E-state index contributed by atoms with van der Waals surface area (Å²) in [5.74, 6) is -3.17. The molecule has 0 radical (unpaired) electrons. The number of ether oxygens (including phenoxy) is 2. The number of carboxylic acids is 2. The van der Waals surface area contributed by atoms with Crippen LogP contribution in [0.25, 0.3) is 0 Å². The summed E-state index contributed by atoms with van der Waals surface area (Å²) >= 11 is 0. The number of aliphatic carboxylic acids is 2. The largest absolute Gasteiger partial charge is 0.473 e. The van der Waals surface area contributed by atoms with Crippen molar-refractivity contribution in [2.45, 2.75) is 83.8 Å². The van der Waals surface area contributed by atoms with Crippen molar-refractivity contribution in [1.29, 1.82) is 0 Å². The number of carboxylic acid groups (broad SMARTS) is 2. The topological polar surface area (TPSA) is 156 Å². The molecule has 3 aliphatic heterocycles. The van der Waals surface area contributed by atoms with E-state index >= 15 is 0 Å². The van der Waals surface area contributed by atoms with E-state index in [0.717, 1.165) is 52.1 Å². The number of anilines is 1. The third-order valence-corrected chi connectivity index (χ3v) is 8.30. The highest BCUT2D eigenvalue weighted by molar-refractivity contribution is 6.27. The molecular formula is C29H41N5O8. The Balaban J connectivity index is 0.000000612. The number of aromatic nitrogens is 3. The molecule has 13 heteroatoms. The molecule has 13 nitrogen and oxygen atoms in total. The first-order valence-electron chi connectivity index (χ1n) is 14.6. The molecule has 4 heterocycles.